The molecule has 11 heteroatoms. The van der Waals surface area contributed by atoms with Gasteiger partial charge in [-0.2, -0.15) is 0 Å². The van der Waals surface area contributed by atoms with Crippen LogP contribution in [0.4, 0.5) is 14.6 Å². The lowest BCUT2D eigenvalue weighted by Gasteiger charge is -2.19. The van der Waals surface area contributed by atoms with Gasteiger partial charge in [0.05, 0.1) is 12.7 Å². The van der Waals surface area contributed by atoms with Gasteiger partial charge in [0.25, 0.3) is 11.8 Å². The summed E-state index contributed by atoms with van der Waals surface area (Å²) in [6.07, 6.45) is 3.20. The van der Waals surface area contributed by atoms with Crippen molar-refractivity contribution in [1.82, 2.24) is 29.6 Å². The molecule has 0 aliphatic carbocycles. The van der Waals surface area contributed by atoms with Crippen LogP contribution in [0, 0.1) is 18.6 Å². The minimum Gasteiger partial charge on any atom is -0.337 e. The Kier molecular flexibility index (Phi) is 5.02. The fourth-order valence-electron chi connectivity index (χ4n) is 3.41. The Balaban J connectivity index is 1.46. The van der Waals surface area contributed by atoms with Crippen LogP contribution in [0.15, 0.2) is 30.7 Å². The van der Waals surface area contributed by atoms with Gasteiger partial charge in [-0.15, -0.1) is 5.10 Å². The maximum Gasteiger partial charge on any atom is 0.291 e. The van der Waals surface area contributed by atoms with Gasteiger partial charge in [0.15, 0.2) is 0 Å². The Labute approximate surface area is 170 Å². The molecule has 4 rings (SSSR count). The van der Waals surface area contributed by atoms with Crippen LogP contribution in [0.1, 0.15) is 28.4 Å². The van der Waals surface area contributed by atoms with E-state index < -0.39 is 23.6 Å². The van der Waals surface area contributed by atoms with Crippen LogP contribution < -0.4 is 10.2 Å². The molecule has 9 nitrogen and oxygen atoms in total. The van der Waals surface area contributed by atoms with Crippen molar-refractivity contribution in [3.05, 3.63) is 59.6 Å². The van der Waals surface area contributed by atoms with Crippen molar-refractivity contribution in [2.45, 2.75) is 32.5 Å². The third-order valence-corrected chi connectivity index (χ3v) is 5.07. The number of halogens is 2. The Morgan fingerprint density at radius 3 is 2.73 bits per heavy atom. The average Bonchev–Trinajstić information content (AvgIpc) is 3.31. The number of anilines is 1. The number of benzene rings is 1. The summed E-state index contributed by atoms with van der Waals surface area (Å²) in [5.41, 5.74) is -0.180. The molecule has 0 saturated heterocycles. The topological polar surface area (TPSA) is 97.9 Å². The third kappa shape index (κ3) is 3.53. The highest BCUT2D eigenvalue weighted by molar-refractivity contribution is 6.00. The van der Waals surface area contributed by atoms with Gasteiger partial charge in [-0.3, -0.25) is 14.5 Å². The highest BCUT2D eigenvalue weighted by Gasteiger charge is 2.31. The predicted octanol–water partition coefficient (Wildman–Crippen LogP) is 1.27. The predicted molar refractivity (Wildman–Crippen MR) is 102 cm³/mol. The first-order valence-electron chi connectivity index (χ1n) is 9.28. The van der Waals surface area contributed by atoms with Crippen molar-refractivity contribution in [1.29, 1.82) is 0 Å². The summed E-state index contributed by atoms with van der Waals surface area (Å²) >= 11 is 0. The van der Waals surface area contributed by atoms with Crippen molar-refractivity contribution in [3.63, 3.8) is 0 Å². The van der Waals surface area contributed by atoms with Crippen LogP contribution in [-0.2, 0) is 17.9 Å². The van der Waals surface area contributed by atoms with Gasteiger partial charge in [0, 0.05) is 19.2 Å². The number of aryl methyl sites for hydroxylation is 1. The molecule has 0 radical (unpaired) electrons. The first-order valence-corrected chi connectivity index (χ1v) is 9.28. The quantitative estimate of drug-likeness (QED) is 0.692. The zero-order valence-corrected chi connectivity index (χ0v) is 16.3. The van der Waals surface area contributed by atoms with Crippen LogP contribution in [0.25, 0.3) is 0 Å². The van der Waals surface area contributed by atoms with Crippen molar-refractivity contribution in [2.24, 2.45) is 0 Å². The molecular weight excluding hydrogens is 396 g/mol. The summed E-state index contributed by atoms with van der Waals surface area (Å²) < 4.78 is 30.7. The number of hydrogen-bond acceptors (Lipinski definition) is 5. The van der Waals surface area contributed by atoms with E-state index in [-0.39, 0.29) is 23.8 Å². The molecule has 0 unspecified atom stereocenters. The van der Waals surface area contributed by atoms with Gasteiger partial charge in [-0.05, 0) is 25.5 Å². The summed E-state index contributed by atoms with van der Waals surface area (Å²) in [5, 5.41) is 6.63. The van der Waals surface area contributed by atoms with Crippen LogP contribution in [0.5, 0.6) is 0 Å². The lowest BCUT2D eigenvalue weighted by atomic mass is 10.2. The second-order valence-corrected chi connectivity index (χ2v) is 6.99. The molecule has 30 heavy (non-hydrogen) atoms. The number of carbonyl (C=O) groups is 2. The molecule has 3 aromatic rings. The van der Waals surface area contributed by atoms with Crippen molar-refractivity contribution >= 4 is 17.6 Å². The zero-order chi connectivity index (χ0) is 21.4. The van der Waals surface area contributed by atoms with E-state index in [1.165, 1.54) is 17.3 Å². The molecular formula is C19H19F2N7O2. The Morgan fingerprint density at radius 2 is 2.00 bits per heavy atom. The third-order valence-electron chi connectivity index (χ3n) is 5.07. The van der Waals surface area contributed by atoms with Gasteiger partial charge < -0.3 is 9.88 Å². The molecule has 3 heterocycles. The molecule has 156 valence electrons. The number of hydrogen-bond donors (Lipinski definition) is 1. The molecule has 1 aliphatic heterocycles. The van der Waals surface area contributed by atoms with Crippen LogP contribution >= 0.6 is 0 Å². The van der Waals surface area contributed by atoms with E-state index in [0.717, 1.165) is 22.6 Å². The lowest BCUT2D eigenvalue weighted by molar-refractivity contribution is -0.120. The minimum atomic E-state index is -0.766. The highest BCUT2D eigenvalue weighted by Crippen LogP contribution is 2.21. The molecule has 0 fully saturated rings. The maximum absolute atomic E-state index is 13.8. The van der Waals surface area contributed by atoms with Gasteiger partial charge >= 0.3 is 0 Å². The molecule has 1 N–H and O–H groups in total. The van der Waals surface area contributed by atoms with Gasteiger partial charge in [-0.25, -0.2) is 23.4 Å². The zero-order valence-electron chi connectivity index (χ0n) is 16.3. The smallest absolute Gasteiger partial charge is 0.291 e. The van der Waals surface area contributed by atoms with E-state index in [1.54, 1.807) is 13.2 Å². The number of fused-ring (bicyclic) bond motifs is 1. The van der Waals surface area contributed by atoms with Crippen LogP contribution in [0.2, 0.25) is 0 Å². The Morgan fingerprint density at radius 1 is 1.27 bits per heavy atom. The number of nitrogens with zero attached hydrogens (tertiary/aromatic N) is 6. The number of nitrogens with one attached hydrogen (secondary N) is 1. The standard InChI is InChI=1S/C19H19F2N7O2/c1-11-22-8-16-26(2)19(30)15(6-7-28(11)16)24-18(29)17-23-10-27(25-17)9-12-13(20)4-3-5-14(12)21/h3-5,8,10,15H,6-7,9H2,1-2H3,(H,24,29)/t15-/m1/s1. The molecule has 1 atom stereocenters. The molecule has 0 bridgehead atoms. The van der Waals surface area contributed by atoms with E-state index >= 15 is 0 Å². The van der Waals surface area contributed by atoms with Crippen molar-refractivity contribution < 1.29 is 18.4 Å². The molecule has 2 amide bonds. The van der Waals surface area contributed by atoms with E-state index in [9.17, 15) is 18.4 Å². The monoisotopic (exact) mass is 415 g/mol. The van der Waals surface area contributed by atoms with Crippen LogP contribution in [-0.4, -0.2) is 49.2 Å². The minimum absolute atomic E-state index is 0.180. The van der Waals surface area contributed by atoms with Crippen molar-refractivity contribution in [3.8, 4) is 0 Å². The largest absolute Gasteiger partial charge is 0.337 e. The average molecular weight is 415 g/mol. The molecule has 0 spiro atoms. The number of amides is 2. The van der Waals surface area contributed by atoms with E-state index in [0.29, 0.717) is 18.8 Å². The summed E-state index contributed by atoms with van der Waals surface area (Å²) in [4.78, 5) is 34.9. The Bertz CT molecular complexity index is 1100. The lowest BCUT2D eigenvalue weighted by Crippen LogP contribution is -2.47. The van der Waals surface area contributed by atoms with Crippen LogP contribution in [0.3, 0.4) is 0 Å². The van der Waals surface area contributed by atoms with E-state index in [4.69, 9.17) is 0 Å². The second kappa shape index (κ2) is 7.65. The summed E-state index contributed by atoms with van der Waals surface area (Å²) in [7, 11) is 1.62. The SMILES string of the molecule is Cc1ncc2n1CC[C@@H](NC(=O)c1ncn(Cc3c(F)cccc3F)n1)C(=O)N2C. The Hall–Kier alpha value is -3.63. The summed E-state index contributed by atoms with van der Waals surface area (Å²) in [6.45, 7) is 2.14. The summed E-state index contributed by atoms with van der Waals surface area (Å²) in [5.74, 6) is -1.11. The number of carbonyl (C=O) groups excluding carboxylic acids is 2. The number of rotatable bonds is 4. The molecule has 2 aromatic heterocycles. The first kappa shape index (κ1) is 19.7. The molecule has 0 saturated carbocycles. The fourth-order valence-corrected chi connectivity index (χ4v) is 3.41. The molecule has 1 aliphatic rings. The number of imidazole rings is 1. The summed E-state index contributed by atoms with van der Waals surface area (Å²) in [6, 6.07) is 2.79. The first-order chi connectivity index (χ1) is 14.3. The normalized spacial score (nSPS) is 16.3. The number of likely N-dealkylation sites (N-methyl/N-ethyl adjacent to an activating group) is 1. The van der Waals surface area contributed by atoms with Gasteiger partial charge in [0.2, 0.25) is 5.82 Å². The fraction of sp³-hybridized carbons (Fsp3) is 0.316. The van der Waals surface area contributed by atoms with E-state index in [2.05, 4.69) is 20.4 Å². The maximum atomic E-state index is 13.8. The van der Waals surface area contributed by atoms with E-state index in [1.807, 2.05) is 11.5 Å². The second-order valence-electron chi connectivity index (χ2n) is 6.99. The van der Waals surface area contributed by atoms with Gasteiger partial charge in [-0.1, -0.05) is 6.07 Å². The van der Waals surface area contributed by atoms with Gasteiger partial charge in [0.1, 0.15) is 35.6 Å². The molecule has 1 aromatic carbocycles. The van der Waals surface area contributed by atoms with Crippen molar-refractivity contribution in [2.75, 3.05) is 11.9 Å². The number of aromatic nitrogens is 5. The highest BCUT2D eigenvalue weighted by atomic mass is 19.1.